The maximum absolute atomic E-state index is 13.3. The van der Waals surface area contributed by atoms with E-state index >= 15 is 0 Å². The molecule has 2 aromatic rings. The van der Waals surface area contributed by atoms with Crippen LogP contribution >= 0.6 is 15.9 Å². The third-order valence-corrected chi connectivity index (χ3v) is 5.36. The average molecular weight is 476 g/mol. The number of carbonyl (C=O) groups is 3. The summed E-state index contributed by atoms with van der Waals surface area (Å²) in [6.07, 6.45) is 2.30. The molecule has 0 aromatic heterocycles. The summed E-state index contributed by atoms with van der Waals surface area (Å²) < 4.78 is 13.8. The van der Waals surface area contributed by atoms with Crippen LogP contribution in [0.4, 0.5) is 4.39 Å². The van der Waals surface area contributed by atoms with E-state index in [1.165, 1.54) is 12.1 Å². The molecule has 6 nitrogen and oxygen atoms in total. The van der Waals surface area contributed by atoms with Gasteiger partial charge >= 0.3 is 0 Å². The number of rotatable bonds is 9. The van der Waals surface area contributed by atoms with E-state index in [1.54, 1.807) is 0 Å². The van der Waals surface area contributed by atoms with E-state index < -0.39 is 17.8 Å². The highest BCUT2D eigenvalue weighted by Crippen LogP contribution is 2.19. The quantitative estimate of drug-likeness (QED) is 0.520. The first-order valence-corrected chi connectivity index (χ1v) is 10.6. The SMILES string of the molecule is O=C(CCNC(=O)c1cc(F)ccc1Br)NC(Cc1ccccc1)C(=O)NC1CC1. The molecule has 1 aliphatic carbocycles. The first-order valence-electron chi connectivity index (χ1n) is 9.79. The van der Waals surface area contributed by atoms with Crippen molar-refractivity contribution in [3.63, 3.8) is 0 Å². The van der Waals surface area contributed by atoms with E-state index in [9.17, 15) is 18.8 Å². The molecule has 3 amide bonds. The largest absolute Gasteiger partial charge is 0.352 e. The van der Waals surface area contributed by atoms with Crippen molar-refractivity contribution >= 4 is 33.7 Å². The Morgan fingerprint density at radius 2 is 1.83 bits per heavy atom. The molecular formula is C22H23BrFN3O3. The van der Waals surface area contributed by atoms with Gasteiger partial charge in [0.05, 0.1) is 5.56 Å². The van der Waals surface area contributed by atoms with Crippen LogP contribution in [-0.2, 0) is 16.0 Å². The fourth-order valence-electron chi connectivity index (χ4n) is 2.91. The van der Waals surface area contributed by atoms with Crippen LogP contribution in [0.2, 0.25) is 0 Å². The molecule has 1 unspecified atom stereocenters. The standard InChI is InChI=1S/C22H23BrFN3O3/c23-18-9-6-15(24)13-17(18)21(29)25-11-10-20(28)27-19(22(30)26-16-7-8-16)12-14-4-2-1-3-5-14/h1-6,9,13,16,19H,7-8,10-12H2,(H,25,29)(H,26,30)(H,27,28). The lowest BCUT2D eigenvalue weighted by atomic mass is 10.0. The predicted octanol–water partition coefficient (Wildman–Crippen LogP) is 2.71. The molecular weight excluding hydrogens is 453 g/mol. The lowest BCUT2D eigenvalue weighted by Crippen LogP contribution is -2.49. The van der Waals surface area contributed by atoms with Gasteiger partial charge in [0.1, 0.15) is 11.9 Å². The van der Waals surface area contributed by atoms with E-state index in [1.807, 2.05) is 30.3 Å². The number of benzene rings is 2. The Balaban J connectivity index is 1.52. The van der Waals surface area contributed by atoms with Gasteiger partial charge in [0.2, 0.25) is 11.8 Å². The molecule has 1 aliphatic rings. The molecule has 0 radical (unpaired) electrons. The second-order valence-electron chi connectivity index (χ2n) is 7.22. The van der Waals surface area contributed by atoms with Crippen LogP contribution in [0.1, 0.15) is 35.2 Å². The Morgan fingerprint density at radius 3 is 2.53 bits per heavy atom. The van der Waals surface area contributed by atoms with Gasteiger partial charge in [-0.25, -0.2) is 4.39 Å². The number of halogens is 2. The van der Waals surface area contributed by atoms with E-state index in [0.717, 1.165) is 24.5 Å². The van der Waals surface area contributed by atoms with Gasteiger partial charge in [0.25, 0.3) is 5.91 Å². The molecule has 2 aromatic carbocycles. The lowest BCUT2D eigenvalue weighted by Gasteiger charge is -2.19. The van der Waals surface area contributed by atoms with Crippen molar-refractivity contribution < 1.29 is 18.8 Å². The maximum atomic E-state index is 13.3. The van der Waals surface area contributed by atoms with E-state index in [-0.39, 0.29) is 36.4 Å². The number of hydrogen-bond donors (Lipinski definition) is 3. The third kappa shape index (κ3) is 6.66. The summed E-state index contributed by atoms with van der Waals surface area (Å²) in [4.78, 5) is 37.1. The molecule has 0 heterocycles. The fraction of sp³-hybridized carbons (Fsp3) is 0.318. The molecule has 0 saturated heterocycles. The van der Waals surface area contributed by atoms with Crippen LogP contribution in [0.25, 0.3) is 0 Å². The molecule has 1 atom stereocenters. The molecule has 0 spiro atoms. The molecule has 8 heteroatoms. The van der Waals surface area contributed by atoms with E-state index in [2.05, 4.69) is 31.9 Å². The van der Waals surface area contributed by atoms with Crippen LogP contribution in [0, 0.1) is 5.82 Å². The zero-order chi connectivity index (χ0) is 21.5. The Labute approximate surface area is 182 Å². The van der Waals surface area contributed by atoms with Crippen molar-refractivity contribution in [3.8, 4) is 0 Å². The number of hydrogen-bond acceptors (Lipinski definition) is 3. The summed E-state index contributed by atoms with van der Waals surface area (Å²) in [5.41, 5.74) is 1.10. The zero-order valence-electron chi connectivity index (χ0n) is 16.3. The van der Waals surface area contributed by atoms with Crippen LogP contribution in [0.5, 0.6) is 0 Å². The zero-order valence-corrected chi connectivity index (χ0v) is 17.9. The van der Waals surface area contributed by atoms with Crippen LogP contribution in [0.15, 0.2) is 53.0 Å². The van der Waals surface area contributed by atoms with Gasteiger partial charge in [-0.05, 0) is 52.5 Å². The van der Waals surface area contributed by atoms with Crippen molar-refractivity contribution in [2.45, 2.75) is 37.8 Å². The second kappa shape index (κ2) is 10.3. The van der Waals surface area contributed by atoms with Crippen molar-refractivity contribution in [3.05, 3.63) is 69.9 Å². The van der Waals surface area contributed by atoms with Crippen molar-refractivity contribution in [2.24, 2.45) is 0 Å². The van der Waals surface area contributed by atoms with Crippen LogP contribution < -0.4 is 16.0 Å². The fourth-order valence-corrected chi connectivity index (χ4v) is 3.34. The minimum absolute atomic E-state index is 0.000668. The minimum Gasteiger partial charge on any atom is -0.352 e. The van der Waals surface area contributed by atoms with Crippen molar-refractivity contribution in [2.75, 3.05) is 6.54 Å². The Hall–Kier alpha value is -2.74. The van der Waals surface area contributed by atoms with Crippen LogP contribution in [-0.4, -0.2) is 36.3 Å². The van der Waals surface area contributed by atoms with Gasteiger partial charge in [-0.15, -0.1) is 0 Å². The lowest BCUT2D eigenvalue weighted by molar-refractivity contribution is -0.129. The summed E-state index contributed by atoms with van der Waals surface area (Å²) in [5.74, 6) is -1.56. The number of amides is 3. The van der Waals surface area contributed by atoms with Gasteiger partial charge in [-0.2, -0.15) is 0 Å². The highest BCUT2D eigenvalue weighted by Gasteiger charge is 2.28. The summed E-state index contributed by atoms with van der Waals surface area (Å²) in [5, 5.41) is 8.28. The van der Waals surface area contributed by atoms with E-state index in [4.69, 9.17) is 0 Å². The molecule has 158 valence electrons. The van der Waals surface area contributed by atoms with E-state index in [0.29, 0.717) is 10.9 Å². The maximum Gasteiger partial charge on any atom is 0.252 e. The smallest absolute Gasteiger partial charge is 0.252 e. The van der Waals surface area contributed by atoms with Gasteiger partial charge in [-0.1, -0.05) is 30.3 Å². The molecule has 1 saturated carbocycles. The summed E-state index contributed by atoms with van der Waals surface area (Å²) in [6.45, 7) is 0.0654. The Bertz CT molecular complexity index is 919. The van der Waals surface area contributed by atoms with Crippen molar-refractivity contribution in [1.82, 2.24) is 16.0 Å². The first-order chi connectivity index (χ1) is 14.4. The van der Waals surface area contributed by atoms with Gasteiger partial charge in [0, 0.05) is 29.9 Å². The van der Waals surface area contributed by atoms with Gasteiger partial charge in [-0.3, -0.25) is 14.4 Å². The highest BCUT2D eigenvalue weighted by atomic mass is 79.9. The second-order valence-corrected chi connectivity index (χ2v) is 8.08. The van der Waals surface area contributed by atoms with Gasteiger partial charge in [0.15, 0.2) is 0 Å². The molecule has 0 bridgehead atoms. The molecule has 3 rings (SSSR count). The Kier molecular flexibility index (Phi) is 7.57. The predicted molar refractivity (Wildman–Crippen MR) is 114 cm³/mol. The summed E-state index contributed by atoms with van der Waals surface area (Å²) >= 11 is 3.21. The number of nitrogens with one attached hydrogen (secondary N) is 3. The highest BCUT2D eigenvalue weighted by molar-refractivity contribution is 9.10. The van der Waals surface area contributed by atoms with Crippen LogP contribution in [0.3, 0.4) is 0 Å². The summed E-state index contributed by atoms with van der Waals surface area (Å²) in [7, 11) is 0. The first kappa shape index (κ1) is 22.0. The molecule has 1 fully saturated rings. The monoisotopic (exact) mass is 475 g/mol. The minimum atomic E-state index is -0.687. The average Bonchev–Trinajstić information content (AvgIpc) is 3.54. The number of carbonyl (C=O) groups excluding carboxylic acids is 3. The summed E-state index contributed by atoms with van der Waals surface area (Å²) in [6, 6.07) is 12.8. The van der Waals surface area contributed by atoms with Crippen molar-refractivity contribution in [1.29, 1.82) is 0 Å². The normalized spacial score (nSPS) is 13.9. The molecule has 0 aliphatic heterocycles. The molecule has 30 heavy (non-hydrogen) atoms. The third-order valence-electron chi connectivity index (χ3n) is 4.67. The van der Waals surface area contributed by atoms with Gasteiger partial charge < -0.3 is 16.0 Å². The molecule has 3 N–H and O–H groups in total. The topological polar surface area (TPSA) is 87.3 Å². The Morgan fingerprint density at radius 1 is 1.10 bits per heavy atom.